The lowest BCUT2D eigenvalue weighted by Crippen LogP contribution is -2.22. The number of amides is 2. The molecule has 5 nitrogen and oxygen atoms in total. The van der Waals surface area contributed by atoms with E-state index in [-0.39, 0.29) is 18.0 Å². The third-order valence-corrected chi connectivity index (χ3v) is 4.32. The molecule has 0 aliphatic heterocycles. The van der Waals surface area contributed by atoms with Gasteiger partial charge in [0.05, 0.1) is 35.9 Å². The van der Waals surface area contributed by atoms with Crippen LogP contribution in [0.3, 0.4) is 0 Å². The predicted molar refractivity (Wildman–Crippen MR) is 93.3 cm³/mol. The molecule has 0 heterocycles. The minimum atomic E-state index is -4.58. The lowest BCUT2D eigenvalue weighted by Gasteiger charge is -2.13. The Balaban J connectivity index is 1.64. The van der Waals surface area contributed by atoms with Crippen LogP contribution in [0.1, 0.15) is 12.0 Å². The third-order valence-electron chi connectivity index (χ3n) is 4.32. The van der Waals surface area contributed by atoms with Gasteiger partial charge in [-0.05, 0) is 30.7 Å². The van der Waals surface area contributed by atoms with Crippen LogP contribution in [0.4, 0.5) is 24.5 Å². The lowest BCUT2D eigenvalue weighted by molar-refractivity contribution is -0.137. The molecule has 0 radical (unpaired) electrons. The second-order valence-electron chi connectivity index (χ2n) is 6.17. The van der Waals surface area contributed by atoms with Gasteiger partial charge in [0.2, 0.25) is 11.8 Å². The quantitative estimate of drug-likeness (QED) is 0.829. The molecule has 0 spiro atoms. The van der Waals surface area contributed by atoms with E-state index in [2.05, 4.69) is 10.6 Å². The summed E-state index contributed by atoms with van der Waals surface area (Å²) in [5, 5.41) is 4.97. The fourth-order valence-corrected chi connectivity index (χ4v) is 2.81. The first-order valence-corrected chi connectivity index (χ1v) is 8.22. The zero-order valence-electron chi connectivity index (χ0n) is 14.3. The van der Waals surface area contributed by atoms with E-state index in [0.29, 0.717) is 11.4 Å². The molecule has 3 rings (SSSR count). The molecule has 2 aromatic carbocycles. The van der Waals surface area contributed by atoms with Crippen LogP contribution in [0, 0.1) is 11.8 Å². The van der Waals surface area contributed by atoms with Crippen molar-refractivity contribution in [2.24, 2.45) is 11.8 Å². The number of ether oxygens (including phenoxy) is 1. The Kier molecular flexibility index (Phi) is 5.07. The van der Waals surface area contributed by atoms with Crippen molar-refractivity contribution in [2.45, 2.75) is 12.6 Å². The summed E-state index contributed by atoms with van der Waals surface area (Å²) in [6, 6.07) is 11.6. The molecular weight excluding hydrogens is 361 g/mol. The van der Waals surface area contributed by atoms with Crippen molar-refractivity contribution in [3.63, 3.8) is 0 Å². The largest absolute Gasteiger partial charge is 0.495 e. The van der Waals surface area contributed by atoms with E-state index in [9.17, 15) is 22.8 Å². The van der Waals surface area contributed by atoms with E-state index in [1.165, 1.54) is 25.3 Å². The fourth-order valence-electron chi connectivity index (χ4n) is 2.81. The maximum atomic E-state index is 13.0. The summed E-state index contributed by atoms with van der Waals surface area (Å²) < 4.78 is 44.2. The number of para-hydroxylation sites is 3. The number of halogens is 3. The highest BCUT2D eigenvalue weighted by Crippen LogP contribution is 2.42. The molecule has 0 saturated heterocycles. The molecule has 1 fully saturated rings. The summed E-state index contributed by atoms with van der Waals surface area (Å²) in [7, 11) is 1.47. The van der Waals surface area contributed by atoms with E-state index in [4.69, 9.17) is 4.74 Å². The molecule has 2 atom stereocenters. The van der Waals surface area contributed by atoms with E-state index < -0.39 is 29.5 Å². The Morgan fingerprint density at radius 3 is 2.04 bits per heavy atom. The highest BCUT2D eigenvalue weighted by Gasteiger charge is 2.48. The Labute approximate surface area is 153 Å². The monoisotopic (exact) mass is 378 g/mol. The zero-order chi connectivity index (χ0) is 19.6. The molecule has 27 heavy (non-hydrogen) atoms. The Hall–Kier alpha value is -3.03. The summed E-state index contributed by atoms with van der Waals surface area (Å²) in [6.07, 6.45) is -4.30. The Morgan fingerprint density at radius 1 is 0.926 bits per heavy atom. The van der Waals surface area contributed by atoms with Crippen molar-refractivity contribution in [1.29, 1.82) is 0 Å². The topological polar surface area (TPSA) is 67.4 Å². The van der Waals surface area contributed by atoms with Crippen LogP contribution >= 0.6 is 0 Å². The van der Waals surface area contributed by atoms with Crippen LogP contribution in [0.5, 0.6) is 5.75 Å². The van der Waals surface area contributed by atoms with Gasteiger partial charge < -0.3 is 15.4 Å². The first-order valence-electron chi connectivity index (χ1n) is 8.22. The average Bonchev–Trinajstić information content (AvgIpc) is 3.43. The molecule has 2 aromatic rings. The van der Waals surface area contributed by atoms with Gasteiger partial charge in [0.15, 0.2) is 0 Å². The molecular formula is C19H17F3N2O3. The van der Waals surface area contributed by atoms with Crippen molar-refractivity contribution in [3.8, 4) is 5.75 Å². The van der Waals surface area contributed by atoms with E-state index >= 15 is 0 Å². The first-order chi connectivity index (χ1) is 12.8. The van der Waals surface area contributed by atoms with Crippen LogP contribution < -0.4 is 15.4 Å². The van der Waals surface area contributed by atoms with Gasteiger partial charge in [-0.25, -0.2) is 0 Å². The number of hydrogen-bond donors (Lipinski definition) is 2. The summed E-state index contributed by atoms with van der Waals surface area (Å²) in [6.45, 7) is 0. The molecule has 8 heteroatoms. The number of rotatable bonds is 5. The minimum absolute atomic E-state index is 0.279. The van der Waals surface area contributed by atoms with E-state index in [1.54, 1.807) is 24.3 Å². The van der Waals surface area contributed by atoms with Crippen LogP contribution in [-0.2, 0) is 15.8 Å². The van der Waals surface area contributed by atoms with Crippen LogP contribution in [0.2, 0.25) is 0 Å². The maximum absolute atomic E-state index is 13.0. The molecule has 0 aromatic heterocycles. The number of hydrogen-bond acceptors (Lipinski definition) is 3. The summed E-state index contributed by atoms with van der Waals surface area (Å²) >= 11 is 0. The number of carbonyl (C=O) groups excluding carboxylic acids is 2. The molecule has 142 valence electrons. The number of methoxy groups -OCH3 is 1. The van der Waals surface area contributed by atoms with E-state index in [0.717, 1.165) is 6.07 Å². The van der Waals surface area contributed by atoms with Gasteiger partial charge in [0, 0.05) is 0 Å². The van der Waals surface area contributed by atoms with Crippen LogP contribution in [0.15, 0.2) is 48.5 Å². The SMILES string of the molecule is COc1ccccc1NC(=O)C1CC1C(=O)Nc1ccccc1C(F)(F)F. The summed E-state index contributed by atoms with van der Waals surface area (Å²) in [5.41, 5.74) is -0.765. The number of benzene rings is 2. The van der Waals surface area contributed by atoms with Gasteiger partial charge in [-0.2, -0.15) is 13.2 Å². The fraction of sp³-hybridized carbons (Fsp3) is 0.263. The summed E-state index contributed by atoms with van der Waals surface area (Å²) in [4.78, 5) is 24.6. The van der Waals surface area contributed by atoms with Gasteiger partial charge in [-0.1, -0.05) is 24.3 Å². The zero-order valence-corrected chi connectivity index (χ0v) is 14.3. The number of alkyl halides is 3. The van der Waals surface area contributed by atoms with E-state index in [1.807, 2.05) is 0 Å². The number of carbonyl (C=O) groups is 2. The van der Waals surface area contributed by atoms with Crippen molar-refractivity contribution < 1.29 is 27.5 Å². The lowest BCUT2D eigenvalue weighted by atomic mass is 10.1. The Morgan fingerprint density at radius 2 is 1.44 bits per heavy atom. The average molecular weight is 378 g/mol. The van der Waals surface area contributed by atoms with Crippen LogP contribution in [-0.4, -0.2) is 18.9 Å². The Bertz CT molecular complexity index is 867. The molecule has 0 bridgehead atoms. The van der Waals surface area contributed by atoms with Crippen molar-refractivity contribution in [2.75, 3.05) is 17.7 Å². The number of anilines is 2. The number of nitrogens with one attached hydrogen (secondary N) is 2. The molecule has 1 aliphatic rings. The predicted octanol–water partition coefficient (Wildman–Crippen LogP) is 3.93. The van der Waals surface area contributed by atoms with Gasteiger partial charge >= 0.3 is 6.18 Å². The smallest absolute Gasteiger partial charge is 0.418 e. The highest BCUT2D eigenvalue weighted by molar-refractivity contribution is 6.04. The molecule has 1 saturated carbocycles. The van der Waals surface area contributed by atoms with Gasteiger partial charge in [0.25, 0.3) is 0 Å². The molecule has 1 aliphatic carbocycles. The second-order valence-corrected chi connectivity index (χ2v) is 6.17. The van der Waals surface area contributed by atoms with Gasteiger partial charge in [-0.3, -0.25) is 9.59 Å². The minimum Gasteiger partial charge on any atom is -0.495 e. The molecule has 2 unspecified atom stereocenters. The van der Waals surface area contributed by atoms with Crippen molar-refractivity contribution in [3.05, 3.63) is 54.1 Å². The standard InChI is InChI=1S/C19H17F3N2O3/c1-27-16-9-5-4-8-15(16)24-18(26)12-10-11(12)17(25)23-14-7-3-2-6-13(14)19(20,21)22/h2-9,11-12H,10H2,1H3,(H,23,25)(H,24,26). The van der Waals surface area contributed by atoms with Gasteiger partial charge in [-0.15, -0.1) is 0 Å². The maximum Gasteiger partial charge on any atom is 0.418 e. The molecule has 2 amide bonds. The highest BCUT2D eigenvalue weighted by atomic mass is 19.4. The normalized spacial score (nSPS) is 18.5. The van der Waals surface area contributed by atoms with Crippen LogP contribution in [0.25, 0.3) is 0 Å². The summed E-state index contributed by atoms with van der Waals surface area (Å²) in [5.74, 6) is -1.75. The van der Waals surface area contributed by atoms with Crippen molar-refractivity contribution >= 4 is 23.2 Å². The first kappa shape index (κ1) is 18.8. The van der Waals surface area contributed by atoms with Gasteiger partial charge in [0.1, 0.15) is 5.75 Å². The second kappa shape index (κ2) is 7.30. The third kappa shape index (κ3) is 4.21. The molecule has 2 N–H and O–H groups in total. The van der Waals surface area contributed by atoms with Crippen molar-refractivity contribution in [1.82, 2.24) is 0 Å².